The van der Waals surface area contributed by atoms with Crippen molar-refractivity contribution in [2.24, 2.45) is 23.2 Å². The Bertz CT molecular complexity index is 788. The van der Waals surface area contributed by atoms with E-state index in [1.165, 1.54) is 36.0 Å². The number of rotatable bonds is 4. The summed E-state index contributed by atoms with van der Waals surface area (Å²) in [5.41, 5.74) is 3.48. The van der Waals surface area contributed by atoms with E-state index in [9.17, 15) is 4.79 Å². The predicted molar refractivity (Wildman–Crippen MR) is 108 cm³/mol. The van der Waals surface area contributed by atoms with Crippen molar-refractivity contribution in [3.63, 3.8) is 0 Å². The molecular formula is C25H29NO. The fourth-order valence-electron chi connectivity index (χ4n) is 6.44. The van der Waals surface area contributed by atoms with Gasteiger partial charge < -0.3 is 5.32 Å². The van der Waals surface area contributed by atoms with Crippen molar-refractivity contribution in [1.82, 2.24) is 5.32 Å². The van der Waals surface area contributed by atoms with Crippen LogP contribution in [0, 0.1) is 30.1 Å². The number of nitrogens with one attached hydrogen (secondary N) is 1. The van der Waals surface area contributed by atoms with Gasteiger partial charge in [0.05, 0.1) is 6.04 Å². The highest BCUT2D eigenvalue weighted by molar-refractivity contribution is 5.84. The zero-order valence-corrected chi connectivity index (χ0v) is 16.2. The van der Waals surface area contributed by atoms with Crippen molar-refractivity contribution in [1.29, 1.82) is 0 Å². The van der Waals surface area contributed by atoms with Gasteiger partial charge in [-0.3, -0.25) is 4.79 Å². The number of hydrogen-bond acceptors (Lipinski definition) is 1. The Hall–Kier alpha value is -2.09. The Balaban J connectivity index is 1.45. The van der Waals surface area contributed by atoms with Gasteiger partial charge in [-0.15, -0.1) is 0 Å². The molecule has 0 saturated heterocycles. The van der Waals surface area contributed by atoms with Gasteiger partial charge in [-0.2, -0.15) is 0 Å². The number of carbonyl (C=O) groups is 1. The molecule has 4 saturated carbocycles. The van der Waals surface area contributed by atoms with E-state index in [1.807, 2.05) is 6.07 Å². The lowest BCUT2D eigenvalue weighted by atomic mass is 9.49. The maximum atomic E-state index is 13.6. The van der Waals surface area contributed by atoms with Crippen molar-refractivity contribution < 1.29 is 4.79 Å². The highest BCUT2D eigenvalue weighted by atomic mass is 16.2. The second-order valence-electron chi connectivity index (χ2n) is 9.43. The molecule has 1 atom stereocenters. The maximum absolute atomic E-state index is 13.6. The van der Waals surface area contributed by atoms with Crippen molar-refractivity contribution >= 4 is 5.91 Å². The SMILES string of the molecule is Cc1ccc(C(NC(=O)C23CC4CC(CC(C4)C2)C3)c2ccccc2)cc1. The van der Waals surface area contributed by atoms with Crippen LogP contribution in [0.15, 0.2) is 54.6 Å². The Morgan fingerprint density at radius 2 is 1.37 bits per heavy atom. The van der Waals surface area contributed by atoms with Gasteiger partial charge in [0.1, 0.15) is 0 Å². The van der Waals surface area contributed by atoms with E-state index >= 15 is 0 Å². The summed E-state index contributed by atoms with van der Waals surface area (Å²) in [4.78, 5) is 13.6. The van der Waals surface area contributed by atoms with Crippen LogP contribution in [0.2, 0.25) is 0 Å². The van der Waals surface area contributed by atoms with Crippen molar-refractivity contribution in [2.45, 2.75) is 51.5 Å². The second kappa shape index (κ2) is 6.51. The summed E-state index contributed by atoms with van der Waals surface area (Å²) < 4.78 is 0. The minimum absolute atomic E-state index is 0.0627. The van der Waals surface area contributed by atoms with Gasteiger partial charge in [0.25, 0.3) is 0 Å². The van der Waals surface area contributed by atoms with Crippen LogP contribution in [0.25, 0.3) is 0 Å². The minimum Gasteiger partial charge on any atom is -0.345 e. The van der Waals surface area contributed by atoms with Gasteiger partial charge in [0, 0.05) is 5.41 Å². The second-order valence-corrected chi connectivity index (χ2v) is 9.43. The summed E-state index contributed by atoms with van der Waals surface area (Å²) in [6.07, 6.45) is 7.44. The summed E-state index contributed by atoms with van der Waals surface area (Å²) >= 11 is 0. The molecule has 27 heavy (non-hydrogen) atoms. The van der Waals surface area contributed by atoms with E-state index in [2.05, 4.69) is 60.8 Å². The first kappa shape index (κ1) is 17.0. The van der Waals surface area contributed by atoms with Crippen LogP contribution in [0.5, 0.6) is 0 Å². The predicted octanol–water partition coefficient (Wildman–Crippen LogP) is 5.42. The quantitative estimate of drug-likeness (QED) is 0.776. The number of carbonyl (C=O) groups excluding carboxylic acids is 1. The monoisotopic (exact) mass is 359 g/mol. The molecule has 0 heterocycles. The molecular weight excluding hydrogens is 330 g/mol. The lowest BCUT2D eigenvalue weighted by molar-refractivity contribution is -0.146. The Kier molecular flexibility index (Phi) is 4.11. The van der Waals surface area contributed by atoms with Crippen LogP contribution in [0.1, 0.15) is 61.3 Å². The van der Waals surface area contributed by atoms with Crippen molar-refractivity contribution in [3.8, 4) is 0 Å². The first-order chi connectivity index (χ1) is 13.1. The molecule has 4 aliphatic carbocycles. The first-order valence-electron chi connectivity index (χ1n) is 10.5. The van der Waals surface area contributed by atoms with Gasteiger partial charge >= 0.3 is 0 Å². The summed E-state index contributed by atoms with van der Waals surface area (Å²) in [6, 6.07) is 19.0. The molecule has 0 aliphatic heterocycles. The zero-order chi connectivity index (χ0) is 18.4. The Morgan fingerprint density at radius 1 is 0.852 bits per heavy atom. The number of benzene rings is 2. The van der Waals surface area contributed by atoms with E-state index in [0.717, 1.165) is 37.0 Å². The normalized spacial score (nSPS) is 32.3. The largest absolute Gasteiger partial charge is 0.345 e. The summed E-state index contributed by atoms with van der Waals surface area (Å²) in [6.45, 7) is 2.11. The zero-order valence-electron chi connectivity index (χ0n) is 16.2. The molecule has 6 rings (SSSR count). The fourth-order valence-corrected chi connectivity index (χ4v) is 6.44. The molecule has 0 aromatic heterocycles. The first-order valence-corrected chi connectivity index (χ1v) is 10.5. The van der Waals surface area contributed by atoms with E-state index in [-0.39, 0.29) is 11.5 Å². The standard InChI is InChI=1S/C25H29NO/c1-17-7-9-22(10-8-17)23(21-5-3-2-4-6-21)26-24(27)25-14-18-11-19(15-25)13-20(12-18)16-25/h2-10,18-20,23H,11-16H2,1H3,(H,26,27). The van der Waals surface area contributed by atoms with Crippen LogP contribution in [-0.2, 0) is 4.79 Å². The molecule has 0 radical (unpaired) electrons. The lowest BCUT2D eigenvalue weighted by Crippen LogP contribution is -2.54. The highest BCUT2D eigenvalue weighted by Crippen LogP contribution is 2.60. The third kappa shape index (κ3) is 3.09. The topological polar surface area (TPSA) is 29.1 Å². The molecule has 2 aromatic carbocycles. The minimum atomic E-state index is -0.105. The van der Waals surface area contributed by atoms with Crippen LogP contribution >= 0.6 is 0 Å². The third-order valence-corrected chi connectivity index (χ3v) is 7.34. The summed E-state index contributed by atoms with van der Waals surface area (Å²) in [5, 5.41) is 3.49. The third-order valence-electron chi connectivity index (χ3n) is 7.34. The van der Waals surface area contributed by atoms with Crippen LogP contribution in [0.4, 0.5) is 0 Å². The van der Waals surface area contributed by atoms with Gasteiger partial charge in [-0.1, -0.05) is 60.2 Å². The molecule has 4 bridgehead atoms. The Labute approximate surface area is 162 Å². The average Bonchev–Trinajstić information content (AvgIpc) is 2.66. The molecule has 4 aliphatic rings. The summed E-state index contributed by atoms with van der Waals surface area (Å²) in [7, 11) is 0. The summed E-state index contributed by atoms with van der Waals surface area (Å²) in [5.74, 6) is 2.67. The molecule has 1 unspecified atom stereocenters. The molecule has 4 fully saturated rings. The van der Waals surface area contributed by atoms with E-state index in [4.69, 9.17) is 0 Å². The molecule has 2 nitrogen and oxygen atoms in total. The van der Waals surface area contributed by atoms with E-state index < -0.39 is 0 Å². The maximum Gasteiger partial charge on any atom is 0.226 e. The van der Waals surface area contributed by atoms with Crippen molar-refractivity contribution in [3.05, 3.63) is 71.3 Å². The molecule has 2 aromatic rings. The van der Waals surface area contributed by atoms with Crippen molar-refractivity contribution in [2.75, 3.05) is 0 Å². The van der Waals surface area contributed by atoms with Crippen LogP contribution in [0.3, 0.4) is 0 Å². The fraction of sp³-hybridized carbons (Fsp3) is 0.480. The van der Waals surface area contributed by atoms with E-state index in [0.29, 0.717) is 5.91 Å². The molecule has 140 valence electrons. The molecule has 2 heteroatoms. The Morgan fingerprint density at radius 3 is 1.93 bits per heavy atom. The number of amides is 1. The van der Waals surface area contributed by atoms with Gasteiger partial charge in [-0.25, -0.2) is 0 Å². The average molecular weight is 360 g/mol. The van der Waals surface area contributed by atoms with Gasteiger partial charge in [0.15, 0.2) is 0 Å². The molecule has 1 N–H and O–H groups in total. The molecule has 0 spiro atoms. The highest BCUT2D eigenvalue weighted by Gasteiger charge is 2.54. The van der Waals surface area contributed by atoms with Gasteiger partial charge in [-0.05, 0) is 74.3 Å². The van der Waals surface area contributed by atoms with Crippen LogP contribution < -0.4 is 5.32 Å². The molecule has 1 amide bonds. The van der Waals surface area contributed by atoms with E-state index in [1.54, 1.807) is 0 Å². The smallest absolute Gasteiger partial charge is 0.226 e. The number of aryl methyl sites for hydroxylation is 1. The number of hydrogen-bond donors (Lipinski definition) is 1. The van der Waals surface area contributed by atoms with Gasteiger partial charge in [0.2, 0.25) is 5.91 Å². The lowest BCUT2D eigenvalue weighted by Gasteiger charge is -2.55. The van der Waals surface area contributed by atoms with Crippen LogP contribution in [-0.4, -0.2) is 5.91 Å².